The van der Waals surface area contributed by atoms with Crippen LogP contribution in [0.4, 0.5) is 5.69 Å². The Morgan fingerprint density at radius 2 is 1.91 bits per heavy atom. The zero-order valence-electron chi connectivity index (χ0n) is 12.3. The summed E-state index contributed by atoms with van der Waals surface area (Å²) in [5, 5.41) is 11.2. The highest BCUT2D eigenvalue weighted by Gasteiger charge is 2.28. The van der Waals surface area contributed by atoms with Gasteiger partial charge in [-0.1, -0.05) is 35.9 Å². The minimum absolute atomic E-state index is 0.0388. The van der Waals surface area contributed by atoms with Gasteiger partial charge in [0, 0.05) is 16.3 Å². The van der Waals surface area contributed by atoms with Crippen LogP contribution in [0.25, 0.3) is 6.08 Å². The minimum Gasteiger partial charge on any atom is -0.322 e. The number of hydrogen-bond donors (Lipinski definition) is 2. The molecule has 0 spiro atoms. The summed E-state index contributed by atoms with van der Waals surface area (Å²) in [4.78, 5) is 24.7. The number of carbonyl (C=O) groups excluding carboxylic acids is 2. The number of rotatable bonds is 2. The number of aryl methyl sites for hydroxylation is 1. The number of fused-ring (bicyclic) bond motifs is 1. The van der Waals surface area contributed by atoms with E-state index in [0.29, 0.717) is 21.8 Å². The van der Waals surface area contributed by atoms with Crippen LogP contribution in [0.5, 0.6) is 0 Å². The molecular weight excluding hydrogens is 312 g/mol. The largest absolute Gasteiger partial charge is 0.322 e. The molecule has 0 unspecified atom stereocenters. The van der Waals surface area contributed by atoms with Gasteiger partial charge in [0.15, 0.2) is 0 Å². The van der Waals surface area contributed by atoms with Gasteiger partial charge in [0.1, 0.15) is 5.71 Å². The SMILES string of the molecule is Cc1cc(Cl)ccc1NC(=O)C1=Cc2ccccc2C(=N)C1=O. The third kappa shape index (κ3) is 2.81. The van der Waals surface area contributed by atoms with E-state index in [1.165, 1.54) is 6.08 Å². The van der Waals surface area contributed by atoms with Crippen molar-refractivity contribution in [3.8, 4) is 0 Å². The third-order valence-electron chi connectivity index (χ3n) is 3.68. The van der Waals surface area contributed by atoms with Crippen LogP contribution in [0.1, 0.15) is 16.7 Å². The molecule has 0 radical (unpaired) electrons. The Kier molecular flexibility index (Phi) is 3.84. The first-order valence-electron chi connectivity index (χ1n) is 6.99. The standard InChI is InChI=1S/C18H13ClN2O2/c1-10-8-12(19)6-7-15(10)21-18(23)14-9-11-4-2-3-5-13(11)16(20)17(14)22/h2-9,20H,1H3,(H,21,23). The van der Waals surface area contributed by atoms with Gasteiger partial charge in [-0.05, 0) is 42.3 Å². The minimum atomic E-state index is -0.576. The number of ketones is 1. The van der Waals surface area contributed by atoms with E-state index in [1.54, 1.807) is 42.5 Å². The molecule has 114 valence electrons. The van der Waals surface area contributed by atoms with Gasteiger partial charge in [-0.2, -0.15) is 0 Å². The maximum absolute atomic E-state index is 12.4. The van der Waals surface area contributed by atoms with Crippen LogP contribution in [0, 0.1) is 12.3 Å². The number of amides is 1. The van der Waals surface area contributed by atoms with Crippen LogP contribution in [0.15, 0.2) is 48.0 Å². The summed E-state index contributed by atoms with van der Waals surface area (Å²) in [6.45, 7) is 1.82. The highest BCUT2D eigenvalue weighted by molar-refractivity contribution is 6.58. The molecule has 23 heavy (non-hydrogen) atoms. The van der Waals surface area contributed by atoms with Crippen LogP contribution in [-0.4, -0.2) is 17.4 Å². The molecule has 0 atom stereocenters. The number of nitrogens with one attached hydrogen (secondary N) is 2. The van der Waals surface area contributed by atoms with E-state index in [1.807, 2.05) is 6.92 Å². The summed E-state index contributed by atoms with van der Waals surface area (Å²) >= 11 is 5.89. The normalized spacial score (nSPS) is 13.4. The first-order valence-corrected chi connectivity index (χ1v) is 7.37. The van der Waals surface area contributed by atoms with E-state index in [-0.39, 0.29) is 11.3 Å². The van der Waals surface area contributed by atoms with Crippen molar-refractivity contribution in [3.63, 3.8) is 0 Å². The van der Waals surface area contributed by atoms with Gasteiger partial charge in [0.05, 0.1) is 5.57 Å². The molecule has 2 N–H and O–H groups in total. The molecule has 0 fully saturated rings. The Balaban J connectivity index is 1.95. The quantitative estimate of drug-likeness (QED) is 0.828. The predicted octanol–water partition coefficient (Wildman–Crippen LogP) is 3.62. The van der Waals surface area contributed by atoms with Gasteiger partial charge in [-0.15, -0.1) is 0 Å². The fraction of sp³-hybridized carbons (Fsp3) is 0.0556. The molecule has 4 nitrogen and oxygen atoms in total. The van der Waals surface area contributed by atoms with Crippen molar-refractivity contribution in [1.29, 1.82) is 5.41 Å². The van der Waals surface area contributed by atoms with Crippen LogP contribution < -0.4 is 5.32 Å². The third-order valence-corrected chi connectivity index (χ3v) is 3.92. The number of benzene rings is 2. The molecule has 2 aromatic rings. The number of carbonyl (C=O) groups is 2. The summed E-state index contributed by atoms with van der Waals surface area (Å²) in [5.74, 6) is -1.10. The second kappa shape index (κ2) is 5.82. The van der Waals surface area contributed by atoms with Crippen molar-refractivity contribution in [2.24, 2.45) is 0 Å². The van der Waals surface area contributed by atoms with E-state index in [9.17, 15) is 9.59 Å². The molecule has 0 aromatic heterocycles. The Labute approximate surface area is 138 Å². The monoisotopic (exact) mass is 324 g/mol. The average molecular weight is 325 g/mol. The van der Waals surface area contributed by atoms with Gasteiger partial charge in [0.2, 0.25) is 5.78 Å². The van der Waals surface area contributed by atoms with Crippen LogP contribution in [0.2, 0.25) is 5.02 Å². The fourth-order valence-corrected chi connectivity index (χ4v) is 2.68. The molecule has 0 aliphatic heterocycles. The van der Waals surface area contributed by atoms with Crippen molar-refractivity contribution < 1.29 is 9.59 Å². The van der Waals surface area contributed by atoms with Gasteiger partial charge in [-0.3, -0.25) is 15.0 Å². The van der Waals surface area contributed by atoms with Gasteiger partial charge in [-0.25, -0.2) is 0 Å². The Hall–Kier alpha value is -2.72. The van der Waals surface area contributed by atoms with E-state index < -0.39 is 11.7 Å². The van der Waals surface area contributed by atoms with E-state index >= 15 is 0 Å². The maximum atomic E-state index is 12.4. The highest BCUT2D eigenvalue weighted by Crippen LogP contribution is 2.24. The topological polar surface area (TPSA) is 70.0 Å². The molecule has 1 amide bonds. The lowest BCUT2D eigenvalue weighted by Gasteiger charge is -2.16. The smallest absolute Gasteiger partial charge is 0.259 e. The van der Waals surface area contributed by atoms with Crippen LogP contribution >= 0.6 is 11.6 Å². The van der Waals surface area contributed by atoms with Crippen molar-refractivity contribution in [1.82, 2.24) is 0 Å². The molecular formula is C18H13ClN2O2. The highest BCUT2D eigenvalue weighted by atomic mass is 35.5. The van der Waals surface area contributed by atoms with Crippen LogP contribution in [0.3, 0.4) is 0 Å². The number of anilines is 1. The summed E-state index contributed by atoms with van der Waals surface area (Å²) in [6.07, 6.45) is 1.52. The Morgan fingerprint density at radius 1 is 1.17 bits per heavy atom. The lowest BCUT2D eigenvalue weighted by molar-refractivity contribution is -0.116. The van der Waals surface area contributed by atoms with E-state index in [2.05, 4.69) is 5.32 Å². The number of halogens is 1. The molecule has 1 aliphatic rings. The molecule has 0 saturated carbocycles. The predicted molar refractivity (Wildman–Crippen MR) is 91.1 cm³/mol. The van der Waals surface area contributed by atoms with E-state index in [0.717, 1.165) is 5.56 Å². The Bertz CT molecular complexity index is 884. The summed E-state index contributed by atoms with van der Waals surface area (Å²) in [6, 6.07) is 12.1. The number of hydrogen-bond acceptors (Lipinski definition) is 3. The average Bonchev–Trinajstić information content (AvgIpc) is 2.53. The zero-order valence-corrected chi connectivity index (χ0v) is 13.1. The second-order valence-electron chi connectivity index (χ2n) is 5.26. The van der Waals surface area contributed by atoms with Gasteiger partial charge >= 0.3 is 0 Å². The maximum Gasteiger partial charge on any atom is 0.259 e. The molecule has 3 rings (SSSR count). The first-order chi connectivity index (χ1) is 11.0. The van der Waals surface area contributed by atoms with Crippen LogP contribution in [-0.2, 0) is 9.59 Å². The lowest BCUT2D eigenvalue weighted by Crippen LogP contribution is -2.29. The molecule has 0 saturated heterocycles. The Morgan fingerprint density at radius 3 is 2.65 bits per heavy atom. The first kappa shape index (κ1) is 15.2. The van der Waals surface area contributed by atoms with Gasteiger partial charge in [0.25, 0.3) is 5.91 Å². The number of Topliss-reactive ketones (excluding diaryl/α,β-unsaturated/α-hetero) is 1. The van der Waals surface area contributed by atoms with E-state index in [4.69, 9.17) is 17.0 Å². The molecule has 0 heterocycles. The van der Waals surface area contributed by atoms with Gasteiger partial charge < -0.3 is 5.32 Å². The lowest BCUT2D eigenvalue weighted by atomic mass is 9.89. The molecule has 5 heteroatoms. The molecule has 2 aromatic carbocycles. The summed E-state index contributed by atoms with van der Waals surface area (Å²) in [5.41, 5.74) is 2.40. The summed E-state index contributed by atoms with van der Waals surface area (Å²) in [7, 11) is 0. The fourth-order valence-electron chi connectivity index (χ4n) is 2.45. The molecule has 0 bridgehead atoms. The zero-order chi connectivity index (χ0) is 16.6. The van der Waals surface area contributed by atoms with Crippen molar-refractivity contribution >= 4 is 40.8 Å². The van der Waals surface area contributed by atoms with Crippen molar-refractivity contribution in [2.45, 2.75) is 6.92 Å². The van der Waals surface area contributed by atoms with Crippen molar-refractivity contribution in [3.05, 3.63) is 69.8 Å². The second-order valence-corrected chi connectivity index (χ2v) is 5.70. The molecule has 1 aliphatic carbocycles. The van der Waals surface area contributed by atoms with Crippen molar-refractivity contribution in [2.75, 3.05) is 5.32 Å². The summed E-state index contributed by atoms with van der Waals surface area (Å²) < 4.78 is 0.